The van der Waals surface area contributed by atoms with Crippen LogP contribution in [0.5, 0.6) is 11.5 Å². The Balaban J connectivity index is 1.49. The van der Waals surface area contributed by atoms with E-state index >= 15 is 0 Å². The second-order valence-corrected chi connectivity index (χ2v) is 7.84. The van der Waals surface area contributed by atoms with Gasteiger partial charge in [-0.2, -0.15) is 0 Å². The first-order chi connectivity index (χ1) is 15.2. The second-order valence-electron chi connectivity index (χ2n) is 7.45. The van der Waals surface area contributed by atoms with Crippen molar-refractivity contribution in [3.63, 3.8) is 0 Å². The van der Waals surface area contributed by atoms with E-state index in [0.717, 1.165) is 28.6 Å². The highest BCUT2D eigenvalue weighted by atomic mass is 32.1. The normalized spacial score (nSPS) is 18.1. The number of aryl methyl sites for hydroxylation is 1. The molecule has 1 N–H and O–H groups in total. The van der Waals surface area contributed by atoms with Gasteiger partial charge in [0.1, 0.15) is 17.5 Å². The third-order valence-electron chi connectivity index (χ3n) is 5.48. The first-order valence-corrected chi connectivity index (χ1v) is 10.6. The summed E-state index contributed by atoms with van der Waals surface area (Å²) in [5.41, 5.74) is 3.12. The van der Waals surface area contributed by atoms with Gasteiger partial charge in [0.25, 0.3) is 0 Å². The van der Waals surface area contributed by atoms with Gasteiger partial charge < -0.3 is 19.5 Å². The van der Waals surface area contributed by atoms with Gasteiger partial charge >= 0.3 is 0 Å². The molecule has 1 saturated heterocycles. The summed E-state index contributed by atoms with van der Waals surface area (Å²) in [5.74, 6) is 1.59. The van der Waals surface area contributed by atoms with Gasteiger partial charge in [0, 0.05) is 30.8 Å². The average Bonchev–Trinajstić information content (AvgIpc) is 3.38. The Morgan fingerprint density at radius 3 is 2.29 bits per heavy atom. The molecule has 1 aliphatic heterocycles. The quantitative estimate of drug-likeness (QED) is 0.434. The van der Waals surface area contributed by atoms with Gasteiger partial charge in [0.2, 0.25) is 0 Å². The van der Waals surface area contributed by atoms with Crippen molar-refractivity contribution in [2.45, 2.75) is 12.1 Å². The summed E-state index contributed by atoms with van der Waals surface area (Å²) in [7, 11) is 2.06. The van der Waals surface area contributed by atoms with E-state index in [0.29, 0.717) is 5.11 Å². The molecule has 0 bridgehead atoms. The number of pyridine rings is 1. The number of para-hydroxylation sites is 1. The van der Waals surface area contributed by atoms with Crippen molar-refractivity contribution in [3.05, 3.63) is 109 Å². The Morgan fingerprint density at radius 1 is 0.871 bits per heavy atom. The van der Waals surface area contributed by atoms with Crippen molar-refractivity contribution >= 4 is 23.0 Å². The fraction of sp³-hybridized carbons (Fsp3) is 0.120. The van der Waals surface area contributed by atoms with Crippen LogP contribution >= 0.6 is 12.2 Å². The molecule has 1 fully saturated rings. The van der Waals surface area contributed by atoms with E-state index in [1.807, 2.05) is 79.0 Å². The Labute approximate surface area is 186 Å². The topological polar surface area (TPSA) is 42.3 Å². The zero-order valence-corrected chi connectivity index (χ0v) is 17.9. The highest BCUT2D eigenvalue weighted by Gasteiger charge is 2.41. The van der Waals surface area contributed by atoms with E-state index in [1.54, 1.807) is 0 Å². The van der Waals surface area contributed by atoms with Gasteiger partial charge in [0.05, 0.1) is 11.7 Å². The Bertz CT molecular complexity index is 1180. The Hall–Kier alpha value is -3.64. The third kappa shape index (κ3) is 3.78. The van der Waals surface area contributed by atoms with Gasteiger partial charge in [-0.05, 0) is 72.9 Å². The maximum Gasteiger partial charge on any atom is 0.174 e. The largest absolute Gasteiger partial charge is 0.457 e. The lowest BCUT2D eigenvalue weighted by Crippen LogP contribution is -2.30. The molecule has 4 aromatic rings. The van der Waals surface area contributed by atoms with E-state index in [1.165, 1.54) is 0 Å². The predicted octanol–water partition coefficient (Wildman–Crippen LogP) is 5.39. The minimum Gasteiger partial charge on any atom is -0.457 e. The SMILES string of the molecule is Cn1cccc1[C@H]1[C@H](c2ccccn2)NC(=S)N1c1ccc(Oc2ccccc2)cc1. The van der Waals surface area contributed by atoms with Gasteiger partial charge in [-0.25, -0.2) is 0 Å². The van der Waals surface area contributed by atoms with Crippen molar-refractivity contribution < 1.29 is 4.74 Å². The van der Waals surface area contributed by atoms with Crippen LogP contribution in [-0.2, 0) is 7.05 Å². The van der Waals surface area contributed by atoms with Gasteiger partial charge in [-0.15, -0.1) is 0 Å². The minimum atomic E-state index is -0.0532. The summed E-state index contributed by atoms with van der Waals surface area (Å²) < 4.78 is 8.09. The molecule has 5 nitrogen and oxygen atoms in total. The molecule has 6 heteroatoms. The molecule has 2 aromatic carbocycles. The summed E-state index contributed by atoms with van der Waals surface area (Å²) in [5, 5.41) is 4.17. The molecule has 3 heterocycles. The van der Waals surface area contributed by atoms with E-state index in [-0.39, 0.29) is 12.1 Å². The lowest BCUT2D eigenvalue weighted by Gasteiger charge is -2.28. The molecule has 2 atom stereocenters. The zero-order valence-electron chi connectivity index (χ0n) is 17.1. The minimum absolute atomic E-state index is 0.0247. The fourth-order valence-corrected chi connectivity index (χ4v) is 4.36. The highest BCUT2D eigenvalue weighted by molar-refractivity contribution is 7.80. The van der Waals surface area contributed by atoms with Gasteiger partial charge in [0.15, 0.2) is 5.11 Å². The average molecular weight is 427 g/mol. The van der Waals surface area contributed by atoms with Crippen LogP contribution in [0.4, 0.5) is 5.69 Å². The number of nitrogens with one attached hydrogen (secondary N) is 1. The molecular weight excluding hydrogens is 404 g/mol. The molecule has 0 aliphatic carbocycles. The number of hydrogen-bond acceptors (Lipinski definition) is 3. The van der Waals surface area contributed by atoms with Crippen LogP contribution in [0.2, 0.25) is 0 Å². The summed E-state index contributed by atoms with van der Waals surface area (Å²) in [6.45, 7) is 0. The van der Waals surface area contributed by atoms with Crippen LogP contribution in [0.3, 0.4) is 0 Å². The number of nitrogens with zero attached hydrogens (tertiary/aromatic N) is 3. The van der Waals surface area contributed by atoms with E-state index < -0.39 is 0 Å². The monoisotopic (exact) mass is 426 g/mol. The summed E-state index contributed by atoms with van der Waals surface area (Å²) in [6, 6.07) is 27.9. The fourth-order valence-electron chi connectivity index (χ4n) is 4.01. The molecule has 154 valence electrons. The molecule has 0 amide bonds. The van der Waals surface area contributed by atoms with Crippen molar-refractivity contribution in [1.29, 1.82) is 0 Å². The number of hydrogen-bond donors (Lipinski definition) is 1. The number of benzene rings is 2. The molecular formula is C25H22N4OS. The van der Waals surface area contributed by atoms with Crippen molar-refractivity contribution in [2.24, 2.45) is 7.05 Å². The third-order valence-corrected chi connectivity index (χ3v) is 5.79. The van der Waals surface area contributed by atoms with Crippen molar-refractivity contribution in [1.82, 2.24) is 14.9 Å². The first-order valence-electron chi connectivity index (χ1n) is 10.2. The molecule has 5 rings (SSSR count). The number of ether oxygens (including phenoxy) is 1. The van der Waals surface area contributed by atoms with Crippen LogP contribution in [-0.4, -0.2) is 14.7 Å². The molecule has 0 unspecified atom stereocenters. The van der Waals surface area contributed by atoms with Crippen molar-refractivity contribution in [2.75, 3.05) is 4.90 Å². The van der Waals surface area contributed by atoms with Crippen LogP contribution in [0.15, 0.2) is 97.3 Å². The molecule has 31 heavy (non-hydrogen) atoms. The van der Waals surface area contributed by atoms with Gasteiger partial charge in [-0.3, -0.25) is 4.98 Å². The van der Waals surface area contributed by atoms with Crippen LogP contribution in [0.25, 0.3) is 0 Å². The lowest BCUT2D eigenvalue weighted by molar-refractivity contribution is 0.482. The smallest absolute Gasteiger partial charge is 0.174 e. The number of anilines is 1. The van der Waals surface area contributed by atoms with Crippen LogP contribution < -0.4 is 15.0 Å². The lowest BCUT2D eigenvalue weighted by atomic mass is 10.0. The number of thiocarbonyl (C=S) groups is 1. The molecule has 1 aliphatic rings. The summed E-state index contributed by atoms with van der Waals surface area (Å²) in [6.07, 6.45) is 3.88. The second kappa shape index (κ2) is 8.24. The zero-order chi connectivity index (χ0) is 21.2. The van der Waals surface area contributed by atoms with Crippen molar-refractivity contribution in [3.8, 4) is 11.5 Å². The van der Waals surface area contributed by atoms with Gasteiger partial charge in [-0.1, -0.05) is 24.3 Å². The molecule has 0 radical (unpaired) electrons. The van der Waals surface area contributed by atoms with E-state index in [9.17, 15) is 0 Å². The maximum atomic E-state index is 5.95. The predicted molar refractivity (Wildman–Crippen MR) is 126 cm³/mol. The molecule has 0 spiro atoms. The van der Waals surface area contributed by atoms with E-state index in [4.69, 9.17) is 17.0 Å². The Morgan fingerprint density at radius 2 is 1.61 bits per heavy atom. The van der Waals surface area contributed by atoms with Crippen LogP contribution in [0.1, 0.15) is 23.5 Å². The summed E-state index contributed by atoms with van der Waals surface area (Å²) in [4.78, 5) is 6.76. The number of rotatable bonds is 5. The molecule has 2 aromatic heterocycles. The number of aromatic nitrogens is 2. The highest BCUT2D eigenvalue weighted by Crippen LogP contribution is 2.41. The standard InChI is InChI=1S/C25H22N4OS/c1-28-17-7-11-22(28)24-23(21-10-5-6-16-26-21)27-25(31)29(24)18-12-14-20(15-13-18)30-19-8-3-2-4-9-19/h2-17,23-24H,1H3,(H,27,31)/t23-,24-/m0/s1. The van der Waals surface area contributed by atoms with Crippen LogP contribution in [0, 0.1) is 0 Å². The maximum absolute atomic E-state index is 5.95. The summed E-state index contributed by atoms with van der Waals surface area (Å²) >= 11 is 5.78. The first kappa shape index (κ1) is 19.3. The van der Waals surface area contributed by atoms with E-state index in [2.05, 4.69) is 45.1 Å². The molecule has 0 saturated carbocycles. The Kier molecular flexibility index (Phi) is 5.14.